The minimum atomic E-state index is -0.965. The molecule has 0 spiro atoms. The van der Waals surface area contributed by atoms with E-state index < -0.39 is 11.4 Å². The van der Waals surface area contributed by atoms with Gasteiger partial charge in [0.2, 0.25) is 0 Å². The largest absolute Gasteiger partial charge is 0.497 e. The quantitative estimate of drug-likeness (QED) is 0.753. The second-order valence-corrected chi connectivity index (χ2v) is 6.50. The predicted octanol–water partition coefficient (Wildman–Crippen LogP) is 3.41. The third-order valence-electron chi connectivity index (χ3n) is 3.72. The fourth-order valence-electron chi connectivity index (χ4n) is 2.45. The van der Waals surface area contributed by atoms with Gasteiger partial charge in [0.05, 0.1) is 24.0 Å². The summed E-state index contributed by atoms with van der Waals surface area (Å²) in [5.74, 6) is -0.130. The van der Waals surface area contributed by atoms with E-state index in [1.165, 1.54) is 0 Å². The van der Waals surface area contributed by atoms with E-state index in [0.29, 0.717) is 16.9 Å². The first-order valence-corrected chi connectivity index (χ1v) is 8.88. The molecule has 6 nitrogen and oxygen atoms in total. The summed E-state index contributed by atoms with van der Waals surface area (Å²) in [7, 11) is 1.59. The second-order valence-electron chi connectivity index (χ2n) is 5.45. The molecular formula is C19H17NO5S. The molecular weight excluding hydrogens is 354 g/mol. The maximum atomic E-state index is 12.8. The molecule has 7 heteroatoms. The standard InChI is InChI=1S/C19H17NO5S/c1-24-13-8-6-12(7-9-13)20-10-15-18(23)14-4-2-3-5-16(14)25-19(15)26-11-17(21)22/h2-10,19-20H,11H2,1H3,(H,21,22)/b15-10-. The van der Waals surface area contributed by atoms with Gasteiger partial charge in [0.25, 0.3) is 0 Å². The van der Waals surface area contributed by atoms with Crippen LogP contribution in [0.2, 0.25) is 0 Å². The van der Waals surface area contributed by atoms with Crippen LogP contribution < -0.4 is 14.8 Å². The summed E-state index contributed by atoms with van der Waals surface area (Å²) in [4.78, 5) is 23.7. The van der Waals surface area contributed by atoms with Gasteiger partial charge in [-0.2, -0.15) is 0 Å². The number of carbonyl (C=O) groups is 2. The number of carbonyl (C=O) groups excluding carboxylic acids is 1. The van der Waals surface area contributed by atoms with E-state index in [-0.39, 0.29) is 11.5 Å². The van der Waals surface area contributed by atoms with Crippen LogP contribution in [0.1, 0.15) is 10.4 Å². The van der Waals surface area contributed by atoms with Crippen LogP contribution in [-0.4, -0.2) is 35.2 Å². The SMILES string of the molecule is COc1ccc(N/C=C2/C(=O)c3ccccc3OC2SCC(=O)O)cc1. The van der Waals surface area contributed by atoms with E-state index >= 15 is 0 Å². The molecule has 26 heavy (non-hydrogen) atoms. The third kappa shape index (κ3) is 4.00. The lowest BCUT2D eigenvalue weighted by molar-refractivity contribution is -0.133. The van der Waals surface area contributed by atoms with Gasteiger partial charge in [-0.1, -0.05) is 12.1 Å². The molecule has 0 saturated carbocycles. The number of thioether (sulfide) groups is 1. The highest BCUT2D eigenvalue weighted by atomic mass is 32.2. The average molecular weight is 371 g/mol. The number of ether oxygens (including phenoxy) is 2. The van der Waals surface area contributed by atoms with Gasteiger partial charge >= 0.3 is 5.97 Å². The number of para-hydroxylation sites is 1. The number of aliphatic carboxylic acids is 1. The highest BCUT2D eigenvalue weighted by Gasteiger charge is 2.32. The zero-order chi connectivity index (χ0) is 18.5. The summed E-state index contributed by atoms with van der Waals surface area (Å²) in [5, 5.41) is 12.0. The van der Waals surface area contributed by atoms with Crippen LogP contribution in [-0.2, 0) is 4.79 Å². The topological polar surface area (TPSA) is 84.9 Å². The Morgan fingerprint density at radius 3 is 2.69 bits per heavy atom. The first kappa shape index (κ1) is 17.9. The minimum absolute atomic E-state index is 0.167. The zero-order valence-corrected chi connectivity index (χ0v) is 14.8. The highest BCUT2D eigenvalue weighted by molar-refractivity contribution is 8.00. The molecule has 0 bridgehead atoms. The molecule has 2 aromatic rings. The number of hydrogen-bond acceptors (Lipinski definition) is 6. The van der Waals surface area contributed by atoms with Crippen LogP contribution in [0.5, 0.6) is 11.5 Å². The van der Waals surface area contributed by atoms with Gasteiger partial charge in [-0.05, 0) is 36.4 Å². The number of rotatable bonds is 6. The Balaban J connectivity index is 1.86. The van der Waals surface area contributed by atoms with Gasteiger partial charge < -0.3 is 19.9 Å². The molecule has 1 unspecified atom stereocenters. The van der Waals surface area contributed by atoms with Gasteiger partial charge in [-0.15, -0.1) is 11.8 Å². The van der Waals surface area contributed by atoms with Crippen molar-refractivity contribution in [1.82, 2.24) is 0 Å². The Labute approximate surface area is 154 Å². The molecule has 0 radical (unpaired) electrons. The Kier molecular flexibility index (Phi) is 5.48. The lowest BCUT2D eigenvalue weighted by Gasteiger charge is -2.26. The summed E-state index contributed by atoms with van der Waals surface area (Å²) < 4.78 is 11.0. The summed E-state index contributed by atoms with van der Waals surface area (Å²) in [5.41, 5.74) is 0.902. The number of hydrogen-bond donors (Lipinski definition) is 2. The van der Waals surface area contributed by atoms with Crippen LogP contribution in [0.4, 0.5) is 5.69 Å². The minimum Gasteiger partial charge on any atom is -0.497 e. The molecule has 0 fully saturated rings. The van der Waals surface area contributed by atoms with Gasteiger partial charge in [0.15, 0.2) is 11.2 Å². The second kappa shape index (κ2) is 7.97. The Hall–Kier alpha value is -2.93. The van der Waals surface area contributed by atoms with E-state index in [2.05, 4.69) is 5.32 Å². The summed E-state index contributed by atoms with van der Waals surface area (Å²) in [6, 6.07) is 14.2. The smallest absolute Gasteiger partial charge is 0.313 e. The maximum Gasteiger partial charge on any atom is 0.313 e. The number of anilines is 1. The van der Waals surface area contributed by atoms with Gasteiger partial charge in [-0.25, -0.2) is 0 Å². The van der Waals surface area contributed by atoms with Crippen molar-refractivity contribution in [2.75, 3.05) is 18.2 Å². The lowest BCUT2D eigenvalue weighted by atomic mass is 10.0. The van der Waals surface area contributed by atoms with Gasteiger partial charge in [0, 0.05) is 11.9 Å². The molecule has 0 saturated heterocycles. The average Bonchev–Trinajstić information content (AvgIpc) is 2.66. The fraction of sp³-hybridized carbons (Fsp3) is 0.158. The number of carboxylic acids is 1. The van der Waals surface area contributed by atoms with E-state index in [4.69, 9.17) is 14.6 Å². The molecule has 2 aromatic carbocycles. The molecule has 3 rings (SSSR count). The highest BCUT2D eigenvalue weighted by Crippen LogP contribution is 2.35. The molecule has 1 aliphatic heterocycles. The Bertz CT molecular complexity index is 847. The third-order valence-corrected chi connectivity index (χ3v) is 4.79. The first-order chi connectivity index (χ1) is 12.6. The molecule has 134 valence electrons. The van der Waals surface area contributed by atoms with Crippen molar-refractivity contribution in [3.63, 3.8) is 0 Å². The number of ketones is 1. The number of Topliss-reactive ketones (excluding diaryl/α,β-unsaturated/α-hetero) is 1. The van der Waals surface area contributed by atoms with Crippen LogP contribution >= 0.6 is 11.8 Å². The van der Waals surface area contributed by atoms with Crippen molar-refractivity contribution in [2.24, 2.45) is 0 Å². The van der Waals surface area contributed by atoms with Crippen LogP contribution in [0, 0.1) is 0 Å². The summed E-state index contributed by atoms with van der Waals surface area (Å²) in [6.07, 6.45) is 1.57. The summed E-state index contributed by atoms with van der Waals surface area (Å²) >= 11 is 1.05. The van der Waals surface area contributed by atoms with E-state index in [0.717, 1.165) is 23.2 Å². The lowest BCUT2D eigenvalue weighted by Crippen LogP contribution is -2.29. The Morgan fingerprint density at radius 1 is 1.27 bits per heavy atom. The van der Waals surface area contributed by atoms with Crippen LogP contribution in [0.3, 0.4) is 0 Å². The number of carboxylic acid groups (broad SMARTS) is 1. The van der Waals surface area contributed by atoms with Crippen molar-refractivity contribution < 1.29 is 24.2 Å². The van der Waals surface area contributed by atoms with Crippen molar-refractivity contribution in [1.29, 1.82) is 0 Å². The van der Waals surface area contributed by atoms with Crippen molar-refractivity contribution >= 4 is 29.2 Å². The number of nitrogens with one attached hydrogen (secondary N) is 1. The predicted molar refractivity (Wildman–Crippen MR) is 100.0 cm³/mol. The number of methoxy groups -OCH3 is 1. The Morgan fingerprint density at radius 2 is 2.00 bits per heavy atom. The zero-order valence-electron chi connectivity index (χ0n) is 14.0. The van der Waals surface area contributed by atoms with Crippen molar-refractivity contribution in [3.05, 3.63) is 65.9 Å². The van der Waals surface area contributed by atoms with Crippen molar-refractivity contribution in [2.45, 2.75) is 5.44 Å². The maximum absolute atomic E-state index is 12.8. The van der Waals surface area contributed by atoms with Crippen LogP contribution in [0.25, 0.3) is 0 Å². The molecule has 1 heterocycles. The molecule has 1 aliphatic rings. The van der Waals surface area contributed by atoms with E-state index in [1.807, 2.05) is 12.1 Å². The molecule has 0 aliphatic carbocycles. The molecule has 1 atom stereocenters. The molecule has 2 N–H and O–H groups in total. The number of fused-ring (bicyclic) bond motifs is 1. The van der Waals surface area contributed by atoms with Crippen molar-refractivity contribution in [3.8, 4) is 11.5 Å². The van der Waals surface area contributed by atoms with E-state index in [1.54, 1.807) is 49.7 Å². The van der Waals surface area contributed by atoms with Crippen LogP contribution in [0.15, 0.2) is 60.3 Å². The monoisotopic (exact) mass is 371 g/mol. The summed E-state index contributed by atoms with van der Waals surface area (Å²) in [6.45, 7) is 0. The van der Waals surface area contributed by atoms with Gasteiger partial charge in [0.1, 0.15) is 11.5 Å². The normalized spacial score (nSPS) is 17.3. The molecule has 0 amide bonds. The van der Waals surface area contributed by atoms with Gasteiger partial charge in [-0.3, -0.25) is 9.59 Å². The fourth-order valence-corrected chi connectivity index (χ4v) is 3.27. The molecule has 0 aromatic heterocycles. The number of benzene rings is 2. The van der Waals surface area contributed by atoms with E-state index in [9.17, 15) is 9.59 Å². The first-order valence-electron chi connectivity index (χ1n) is 7.83.